The Hall–Kier alpha value is -0.773. The maximum atomic E-state index is 13.4. The molecule has 2 fully saturated rings. The van der Waals surface area contributed by atoms with E-state index in [0.717, 1.165) is 30.0 Å². The lowest BCUT2D eigenvalue weighted by Gasteiger charge is -2.48. The van der Waals surface area contributed by atoms with Crippen LogP contribution in [-0.2, 0) is 6.42 Å². The van der Waals surface area contributed by atoms with Crippen LogP contribution in [0.3, 0.4) is 0 Å². The van der Waals surface area contributed by atoms with Gasteiger partial charge in [-0.3, -0.25) is 0 Å². The first-order valence-corrected chi connectivity index (χ1v) is 13.8. The number of benzene rings is 1. The predicted molar refractivity (Wildman–Crippen MR) is 114 cm³/mol. The van der Waals surface area contributed by atoms with Gasteiger partial charge < -0.3 is 0 Å². The van der Waals surface area contributed by atoms with Gasteiger partial charge in [-0.1, -0.05) is 51.1 Å². The fraction of sp³-hybridized carbons (Fsp3) is 0.750. The van der Waals surface area contributed by atoms with Crippen LogP contribution >= 0.6 is 0 Å². The van der Waals surface area contributed by atoms with Crippen LogP contribution in [0.1, 0.15) is 83.1 Å². The zero-order chi connectivity index (χ0) is 20.1. The zero-order valence-corrected chi connectivity index (χ0v) is 19.1. The second-order valence-corrected chi connectivity index (χ2v) is 11.6. The van der Waals surface area contributed by atoms with Crippen LogP contribution in [0.4, 0.5) is 13.2 Å². The summed E-state index contributed by atoms with van der Waals surface area (Å²) in [6, 6.07) is 2.32. The van der Waals surface area contributed by atoms with Crippen LogP contribution in [0.15, 0.2) is 12.1 Å². The molecule has 0 radical (unpaired) electrons. The van der Waals surface area contributed by atoms with Crippen LogP contribution < -0.4 is 0 Å². The summed E-state index contributed by atoms with van der Waals surface area (Å²) in [6.45, 7) is 4.82. The van der Waals surface area contributed by atoms with Gasteiger partial charge in [0.1, 0.15) is 0 Å². The molecular weight excluding hydrogens is 373 g/mol. The summed E-state index contributed by atoms with van der Waals surface area (Å²) in [5, 5.41) is 0. The Morgan fingerprint density at radius 2 is 1.57 bits per heavy atom. The van der Waals surface area contributed by atoms with E-state index in [1.54, 1.807) is 0 Å². The Balaban J connectivity index is 1.52. The van der Waals surface area contributed by atoms with Crippen molar-refractivity contribution in [3.05, 3.63) is 35.1 Å². The summed E-state index contributed by atoms with van der Waals surface area (Å²) in [5.41, 5.74) is 2.27. The van der Waals surface area contributed by atoms with Gasteiger partial charge in [0, 0.05) is 9.52 Å². The van der Waals surface area contributed by atoms with Crippen LogP contribution in [0.25, 0.3) is 0 Å². The van der Waals surface area contributed by atoms with E-state index in [9.17, 15) is 13.2 Å². The third-order valence-corrected chi connectivity index (χ3v) is 10.00. The summed E-state index contributed by atoms with van der Waals surface area (Å²) in [4.78, 5) is 0. The lowest BCUT2D eigenvalue weighted by atomic mass is 9.58. The summed E-state index contributed by atoms with van der Waals surface area (Å²) < 4.78 is 40.0. The summed E-state index contributed by atoms with van der Waals surface area (Å²) in [6.07, 6.45) is 15.3. The van der Waals surface area contributed by atoms with Gasteiger partial charge in [-0.2, -0.15) is 0 Å². The smallest absolute Gasteiger partial charge is 0.194 e. The van der Waals surface area contributed by atoms with Crippen LogP contribution in [0.5, 0.6) is 0 Å². The molecule has 4 heteroatoms. The minimum absolute atomic E-state index is 0.151. The Morgan fingerprint density at radius 1 is 0.964 bits per heavy atom. The van der Waals surface area contributed by atoms with E-state index in [-0.39, 0.29) is 9.52 Å². The van der Waals surface area contributed by atoms with Crippen molar-refractivity contribution >= 4 is 9.52 Å². The average Bonchev–Trinajstić information content (AvgIpc) is 2.71. The van der Waals surface area contributed by atoms with Gasteiger partial charge in [0.2, 0.25) is 0 Å². The van der Waals surface area contributed by atoms with Crippen molar-refractivity contribution in [3.8, 4) is 0 Å². The number of hydrogen-bond donors (Lipinski definition) is 0. The van der Waals surface area contributed by atoms with Gasteiger partial charge in [-0.25, -0.2) is 13.2 Å². The van der Waals surface area contributed by atoms with Gasteiger partial charge in [-0.15, -0.1) is 0 Å². The van der Waals surface area contributed by atoms with Gasteiger partial charge in [0.05, 0.1) is 0 Å². The normalized spacial score (nSPS) is 31.5. The molecule has 0 spiro atoms. The molecule has 0 aliphatic heterocycles. The van der Waals surface area contributed by atoms with Gasteiger partial charge in [-0.05, 0) is 79.9 Å². The predicted octanol–water partition coefficient (Wildman–Crippen LogP) is 7.21. The summed E-state index contributed by atoms with van der Waals surface area (Å²) in [5.74, 6) is -1.96. The maximum Gasteiger partial charge on any atom is 0.194 e. The summed E-state index contributed by atoms with van der Waals surface area (Å²) in [7, 11) is 0.151. The van der Waals surface area contributed by atoms with Gasteiger partial charge in [0.25, 0.3) is 0 Å². The van der Waals surface area contributed by atoms with E-state index in [4.69, 9.17) is 0 Å². The quantitative estimate of drug-likeness (QED) is 0.329. The topological polar surface area (TPSA) is 0 Å². The lowest BCUT2D eigenvalue weighted by Crippen LogP contribution is -2.37. The molecule has 0 nitrogen and oxygen atoms in total. The first kappa shape index (κ1) is 21.9. The second kappa shape index (κ2) is 9.82. The first-order valence-electron chi connectivity index (χ1n) is 11.6. The third kappa shape index (κ3) is 5.04. The van der Waals surface area contributed by atoms with Crippen molar-refractivity contribution in [1.82, 2.24) is 0 Å². The third-order valence-electron chi connectivity index (χ3n) is 8.02. The van der Waals surface area contributed by atoms with E-state index in [1.165, 1.54) is 64.2 Å². The van der Waals surface area contributed by atoms with E-state index >= 15 is 0 Å². The minimum Gasteiger partial charge on any atom is -0.204 e. The zero-order valence-electron chi connectivity index (χ0n) is 17.7. The molecule has 2 aliphatic rings. The standard InChI is InChI=1S/C24H37F3Si/c1-3-12-24(13-10-20(28-2)11-14-24)19-8-6-17(7-9-19)4-5-18-15-21(25)23(27)22(26)16-18/h15-17,19-20H,3-14,28H2,1-2H3/t17?,19?,20-,24-. The van der Waals surface area contributed by atoms with Crippen molar-refractivity contribution < 1.29 is 13.2 Å². The highest BCUT2D eigenvalue weighted by atomic mass is 28.2. The minimum atomic E-state index is -1.36. The van der Waals surface area contributed by atoms with E-state index in [2.05, 4.69) is 13.5 Å². The largest absolute Gasteiger partial charge is 0.204 e. The monoisotopic (exact) mass is 410 g/mol. The van der Waals surface area contributed by atoms with Crippen molar-refractivity contribution in [1.29, 1.82) is 0 Å². The number of hydrogen-bond acceptors (Lipinski definition) is 0. The highest BCUT2D eigenvalue weighted by molar-refractivity contribution is 6.35. The van der Waals surface area contributed by atoms with Crippen LogP contribution in [0, 0.1) is 34.7 Å². The SMILES string of the molecule is CCC[C@]1(C2CCC(CCc3cc(F)c(F)c(F)c3)CC2)CC[C@H]([SiH2]C)CC1. The molecule has 28 heavy (non-hydrogen) atoms. The molecule has 1 aromatic carbocycles. The van der Waals surface area contributed by atoms with Crippen molar-refractivity contribution in [2.24, 2.45) is 17.3 Å². The molecule has 0 amide bonds. The van der Waals surface area contributed by atoms with E-state index in [0.29, 0.717) is 23.3 Å². The van der Waals surface area contributed by atoms with Gasteiger partial charge in [0.15, 0.2) is 17.5 Å². The molecule has 3 rings (SSSR count). The Morgan fingerprint density at radius 3 is 2.11 bits per heavy atom. The molecular formula is C24H37F3Si. The molecule has 158 valence electrons. The highest BCUT2D eigenvalue weighted by Gasteiger charge is 2.41. The molecule has 0 bridgehead atoms. The van der Waals surface area contributed by atoms with Crippen molar-refractivity contribution in [3.63, 3.8) is 0 Å². The number of aryl methyl sites for hydroxylation is 1. The fourth-order valence-corrected chi connectivity index (χ4v) is 7.43. The maximum absolute atomic E-state index is 13.4. The molecule has 2 aliphatic carbocycles. The Kier molecular flexibility index (Phi) is 7.69. The second-order valence-electron chi connectivity index (χ2n) is 9.59. The Bertz CT molecular complexity index is 606. The number of rotatable bonds is 7. The summed E-state index contributed by atoms with van der Waals surface area (Å²) >= 11 is 0. The van der Waals surface area contributed by atoms with E-state index in [1.807, 2.05) is 0 Å². The highest BCUT2D eigenvalue weighted by Crippen LogP contribution is 2.54. The van der Waals surface area contributed by atoms with Crippen LogP contribution in [0.2, 0.25) is 12.1 Å². The van der Waals surface area contributed by atoms with Crippen molar-refractivity contribution in [2.45, 2.75) is 96.1 Å². The fourth-order valence-electron chi connectivity index (χ4n) is 6.21. The molecule has 2 saturated carbocycles. The molecule has 1 aromatic rings. The van der Waals surface area contributed by atoms with Crippen LogP contribution in [-0.4, -0.2) is 9.52 Å². The molecule has 0 unspecified atom stereocenters. The van der Waals surface area contributed by atoms with Crippen molar-refractivity contribution in [2.75, 3.05) is 0 Å². The van der Waals surface area contributed by atoms with E-state index < -0.39 is 17.5 Å². The lowest BCUT2D eigenvalue weighted by molar-refractivity contribution is 0.0445. The molecule has 0 N–H and O–H groups in total. The molecule has 0 atom stereocenters. The molecule has 0 aromatic heterocycles. The Labute approximate surface area is 171 Å². The molecule has 0 heterocycles. The average molecular weight is 411 g/mol. The first-order chi connectivity index (χ1) is 13.5. The van der Waals surface area contributed by atoms with Gasteiger partial charge >= 0.3 is 0 Å². The molecule has 0 saturated heterocycles. The number of halogens is 3.